The molecule has 0 bridgehead atoms. The van der Waals surface area contributed by atoms with E-state index in [1.54, 1.807) is 25.1 Å². The van der Waals surface area contributed by atoms with Crippen LogP contribution in [0.5, 0.6) is 5.75 Å². The SMILES string of the molecule is C[C@H](Oc1ccc(Cl)cc1Cl)C(=O)N[C@H]1CCCC[C@H]1C. The van der Waals surface area contributed by atoms with Gasteiger partial charge in [-0.1, -0.05) is 43.0 Å². The van der Waals surface area contributed by atoms with E-state index in [0.717, 1.165) is 6.42 Å². The molecule has 3 nitrogen and oxygen atoms in total. The summed E-state index contributed by atoms with van der Waals surface area (Å²) in [4.78, 5) is 12.2. The molecule has 0 unspecified atom stereocenters. The van der Waals surface area contributed by atoms with Gasteiger partial charge >= 0.3 is 0 Å². The van der Waals surface area contributed by atoms with Crippen LogP contribution in [-0.2, 0) is 4.79 Å². The van der Waals surface area contributed by atoms with Gasteiger partial charge in [0.15, 0.2) is 6.10 Å². The standard InChI is InChI=1S/C16H21Cl2NO2/c1-10-5-3-4-6-14(10)19-16(20)11(2)21-15-8-7-12(17)9-13(15)18/h7-11,14H,3-6H2,1-2H3,(H,19,20)/t10-,11+,14+/m1/s1. The zero-order chi connectivity index (χ0) is 15.4. The van der Waals surface area contributed by atoms with Crippen LogP contribution in [-0.4, -0.2) is 18.1 Å². The van der Waals surface area contributed by atoms with Crippen LogP contribution in [0.3, 0.4) is 0 Å². The van der Waals surface area contributed by atoms with Crippen molar-refractivity contribution in [3.63, 3.8) is 0 Å². The van der Waals surface area contributed by atoms with Crippen molar-refractivity contribution in [3.8, 4) is 5.75 Å². The monoisotopic (exact) mass is 329 g/mol. The maximum Gasteiger partial charge on any atom is 0.261 e. The zero-order valence-electron chi connectivity index (χ0n) is 12.4. The lowest BCUT2D eigenvalue weighted by molar-refractivity contribution is -0.128. The number of benzene rings is 1. The molecule has 1 saturated carbocycles. The summed E-state index contributed by atoms with van der Waals surface area (Å²) in [5.74, 6) is 0.897. The van der Waals surface area contributed by atoms with E-state index in [1.807, 2.05) is 0 Å². The highest BCUT2D eigenvalue weighted by atomic mass is 35.5. The minimum atomic E-state index is -0.585. The molecule has 1 N–H and O–H groups in total. The zero-order valence-corrected chi connectivity index (χ0v) is 13.9. The van der Waals surface area contributed by atoms with Crippen LogP contribution in [0.4, 0.5) is 0 Å². The number of carbonyl (C=O) groups is 1. The van der Waals surface area contributed by atoms with Gasteiger partial charge < -0.3 is 10.1 Å². The summed E-state index contributed by atoms with van der Waals surface area (Å²) >= 11 is 11.9. The van der Waals surface area contributed by atoms with E-state index < -0.39 is 6.10 Å². The quantitative estimate of drug-likeness (QED) is 0.885. The number of halogens is 2. The first-order valence-corrected chi connectivity index (χ1v) is 8.15. The Kier molecular flexibility index (Phi) is 5.77. The Morgan fingerprint density at radius 3 is 2.71 bits per heavy atom. The van der Waals surface area contributed by atoms with Crippen molar-refractivity contribution in [2.45, 2.75) is 51.7 Å². The van der Waals surface area contributed by atoms with Crippen LogP contribution >= 0.6 is 23.2 Å². The highest BCUT2D eigenvalue weighted by molar-refractivity contribution is 6.35. The van der Waals surface area contributed by atoms with Gasteiger partial charge in [-0.3, -0.25) is 4.79 Å². The molecular formula is C16H21Cl2NO2. The van der Waals surface area contributed by atoms with Crippen LogP contribution < -0.4 is 10.1 Å². The molecule has 1 aromatic carbocycles. The molecule has 1 aliphatic carbocycles. The third kappa shape index (κ3) is 4.52. The number of rotatable bonds is 4. The minimum Gasteiger partial charge on any atom is -0.479 e. The molecule has 5 heteroatoms. The third-order valence-corrected chi connectivity index (χ3v) is 4.54. The normalized spacial score (nSPS) is 23.4. The van der Waals surface area contributed by atoms with E-state index in [2.05, 4.69) is 12.2 Å². The fraction of sp³-hybridized carbons (Fsp3) is 0.562. The highest BCUT2D eigenvalue weighted by Gasteiger charge is 2.25. The Morgan fingerprint density at radius 1 is 1.33 bits per heavy atom. The molecule has 0 aromatic heterocycles. The maximum absolute atomic E-state index is 12.2. The predicted octanol–water partition coefficient (Wildman–Crippen LogP) is 4.46. The first-order valence-electron chi connectivity index (χ1n) is 7.39. The highest BCUT2D eigenvalue weighted by Crippen LogP contribution is 2.28. The Labute approximate surface area is 136 Å². The van der Waals surface area contributed by atoms with Crippen LogP contribution in [0, 0.1) is 5.92 Å². The Morgan fingerprint density at radius 2 is 2.05 bits per heavy atom. The van der Waals surface area contributed by atoms with Gasteiger partial charge in [-0.2, -0.15) is 0 Å². The van der Waals surface area contributed by atoms with Gasteiger partial charge in [0.1, 0.15) is 5.75 Å². The van der Waals surface area contributed by atoms with E-state index in [-0.39, 0.29) is 11.9 Å². The van der Waals surface area contributed by atoms with Crippen LogP contribution in [0.15, 0.2) is 18.2 Å². The molecule has 0 saturated heterocycles. The van der Waals surface area contributed by atoms with E-state index >= 15 is 0 Å². The van der Waals surface area contributed by atoms with Crippen molar-refractivity contribution in [2.75, 3.05) is 0 Å². The number of ether oxygens (including phenoxy) is 1. The summed E-state index contributed by atoms with van der Waals surface area (Å²) in [7, 11) is 0. The molecule has 1 aromatic rings. The van der Waals surface area contributed by atoms with Crippen molar-refractivity contribution in [3.05, 3.63) is 28.2 Å². The maximum atomic E-state index is 12.2. The van der Waals surface area contributed by atoms with Crippen molar-refractivity contribution >= 4 is 29.1 Å². The summed E-state index contributed by atoms with van der Waals surface area (Å²) in [6.07, 6.45) is 4.05. The Balaban J connectivity index is 1.92. The van der Waals surface area contributed by atoms with Crippen LogP contribution in [0.25, 0.3) is 0 Å². The number of nitrogens with one attached hydrogen (secondary N) is 1. The molecule has 1 fully saturated rings. The van der Waals surface area contributed by atoms with E-state index in [0.29, 0.717) is 21.7 Å². The van der Waals surface area contributed by atoms with E-state index in [4.69, 9.17) is 27.9 Å². The second-order valence-electron chi connectivity index (χ2n) is 5.71. The smallest absolute Gasteiger partial charge is 0.261 e. The average Bonchev–Trinajstić information content (AvgIpc) is 2.44. The average molecular weight is 330 g/mol. The molecule has 3 atom stereocenters. The molecular weight excluding hydrogens is 309 g/mol. The minimum absolute atomic E-state index is 0.0974. The number of amides is 1. The van der Waals surface area contributed by atoms with Gasteiger partial charge in [0.25, 0.3) is 5.91 Å². The fourth-order valence-electron chi connectivity index (χ4n) is 2.65. The van der Waals surface area contributed by atoms with Gasteiger partial charge in [0, 0.05) is 11.1 Å². The lowest BCUT2D eigenvalue weighted by Crippen LogP contribution is -2.46. The second-order valence-corrected chi connectivity index (χ2v) is 6.56. The van der Waals surface area contributed by atoms with E-state index in [1.165, 1.54) is 19.3 Å². The molecule has 1 aliphatic rings. The molecule has 1 amide bonds. The fourth-order valence-corrected chi connectivity index (χ4v) is 3.10. The molecule has 0 heterocycles. The molecule has 116 valence electrons. The number of hydrogen-bond donors (Lipinski definition) is 1. The molecule has 0 aliphatic heterocycles. The van der Waals surface area contributed by atoms with Crippen LogP contribution in [0.1, 0.15) is 39.5 Å². The molecule has 0 radical (unpaired) electrons. The van der Waals surface area contributed by atoms with Gasteiger partial charge in [-0.25, -0.2) is 0 Å². The van der Waals surface area contributed by atoms with Gasteiger partial charge in [-0.15, -0.1) is 0 Å². The van der Waals surface area contributed by atoms with Gasteiger partial charge in [0.05, 0.1) is 5.02 Å². The van der Waals surface area contributed by atoms with Crippen molar-refractivity contribution in [1.82, 2.24) is 5.32 Å². The first kappa shape index (κ1) is 16.4. The summed E-state index contributed by atoms with van der Waals surface area (Å²) < 4.78 is 5.64. The number of hydrogen-bond acceptors (Lipinski definition) is 2. The summed E-state index contributed by atoms with van der Waals surface area (Å²) in [5.41, 5.74) is 0. The summed E-state index contributed by atoms with van der Waals surface area (Å²) in [6.45, 7) is 3.92. The Hall–Kier alpha value is -0.930. The Bertz CT molecular complexity index is 507. The topological polar surface area (TPSA) is 38.3 Å². The third-order valence-electron chi connectivity index (χ3n) is 4.01. The molecule has 2 rings (SSSR count). The van der Waals surface area contributed by atoms with Crippen molar-refractivity contribution in [2.24, 2.45) is 5.92 Å². The predicted molar refractivity (Wildman–Crippen MR) is 86.1 cm³/mol. The first-order chi connectivity index (χ1) is 9.97. The van der Waals surface area contributed by atoms with Crippen molar-refractivity contribution < 1.29 is 9.53 Å². The van der Waals surface area contributed by atoms with Crippen LogP contribution in [0.2, 0.25) is 10.0 Å². The summed E-state index contributed by atoms with van der Waals surface area (Å²) in [5, 5.41) is 4.04. The number of carbonyl (C=O) groups excluding carboxylic acids is 1. The van der Waals surface area contributed by atoms with Gasteiger partial charge in [-0.05, 0) is 43.9 Å². The lowest BCUT2D eigenvalue weighted by Gasteiger charge is -2.30. The molecule has 0 spiro atoms. The second kappa shape index (κ2) is 7.37. The van der Waals surface area contributed by atoms with Gasteiger partial charge in [0.2, 0.25) is 0 Å². The summed E-state index contributed by atoms with van der Waals surface area (Å²) in [6, 6.07) is 5.22. The van der Waals surface area contributed by atoms with E-state index in [9.17, 15) is 4.79 Å². The lowest BCUT2D eigenvalue weighted by atomic mass is 9.86. The largest absolute Gasteiger partial charge is 0.479 e. The van der Waals surface area contributed by atoms with Crippen molar-refractivity contribution in [1.29, 1.82) is 0 Å². The molecule has 21 heavy (non-hydrogen) atoms.